The Bertz CT molecular complexity index is 436. The maximum absolute atomic E-state index is 13.5. The molecule has 1 aliphatic carbocycles. The summed E-state index contributed by atoms with van der Waals surface area (Å²) in [6.07, 6.45) is 5.02. The lowest BCUT2D eigenvalue weighted by atomic mass is 9.88. The van der Waals surface area contributed by atoms with Crippen molar-refractivity contribution in [3.8, 4) is 0 Å². The van der Waals surface area contributed by atoms with E-state index in [4.69, 9.17) is 4.84 Å². The number of hydroxylamine groups is 1. The number of carbonyl (C=O) groups excluding carboxylic acids is 1. The molecule has 3 N–H and O–H groups in total. The molecule has 0 aromatic rings. The van der Waals surface area contributed by atoms with E-state index in [0.717, 1.165) is 32.5 Å². The second-order valence-corrected chi connectivity index (χ2v) is 6.90. The summed E-state index contributed by atoms with van der Waals surface area (Å²) in [6, 6.07) is -0.241. The third-order valence-corrected chi connectivity index (χ3v) is 4.95. The summed E-state index contributed by atoms with van der Waals surface area (Å²) in [4.78, 5) is 17.5. The molecule has 0 radical (unpaired) electrons. The molecule has 23 heavy (non-hydrogen) atoms. The van der Waals surface area contributed by atoms with E-state index in [0.29, 0.717) is 25.2 Å². The third-order valence-electron chi connectivity index (χ3n) is 4.95. The van der Waals surface area contributed by atoms with Crippen LogP contribution in [0.3, 0.4) is 0 Å². The van der Waals surface area contributed by atoms with Crippen molar-refractivity contribution < 1.29 is 14.0 Å². The number of hydrogen-bond donors (Lipinski definition) is 3. The lowest BCUT2D eigenvalue weighted by molar-refractivity contribution is -0.124. The van der Waals surface area contributed by atoms with Crippen LogP contribution in [0.2, 0.25) is 0 Å². The van der Waals surface area contributed by atoms with Gasteiger partial charge in [-0.05, 0) is 25.2 Å². The van der Waals surface area contributed by atoms with Crippen molar-refractivity contribution in [3.05, 3.63) is 12.7 Å². The smallest absolute Gasteiger partial charge is 0.239 e. The summed E-state index contributed by atoms with van der Waals surface area (Å²) in [6.45, 7) is 6.01. The van der Waals surface area contributed by atoms with Crippen LogP contribution in [0.5, 0.6) is 0 Å². The van der Waals surface area contributed by atoms with Gasteiger partial charge < -0.3 is 5.32 Å². The molecule has 130 valence electrons. The van der Waals surface area contributed by atoms with Gasteiger partial charge in [0, 0.05) is 26.1 Å². The molecule has 0 aromatic heterocycles. The van der Waals surface area contributed by atoms with Crippen molar-refractivity contribution in [1.82, 2.24) is 21.2 Å². The first-order chi connectivity index (χ1) is 11.1. The lowest BCUT2D eigenvalue weighted by Crippen LogP contribution is -2.47. The van der Waals surface area contributed by atoms with E-state index in [1.807, 2.05) is 0 Å². The Hall–Kier alpha value is -1.02. The maximum atomic E-state index is 13.5. The Kier molecular flexibility index (Phi) is 5.63. The predicted molar refractivity (Wildman–Crippen MR) is 85.0 cm³/mol. The third kappa shape index (κ3) is 4.50. The normalized spacial score (nSPS) is 38.6. The fourth-order valence-electron chi connectivity index (χ4n) is 3.68. The molecule has 5 atom stereocenters. The highest BCUT2D eigenvalue weighted by molar-refractivity contribution is 5.82. The molecule has 0 spiro atoms. The number of hydrazine groups is 1. The van der Waals surface area contributed by atoms with Crippen LogP contribution in [-0.4, -0.2) is 54.9 Å². The molecule has 7 heteroatoms. The molecule has 3 rings (SSSR count). The van der Waals surface area contributed by atoms with Crippen LogP contribution in [0.15, 0.2) is 12.7 Å². The minimum atomic E-state index is -0.641. The summed E-state index contributed by atoms with van der Waals surface area (Å²) in [7, 11) is 0. The molecular weight excluding hydrogens is 299 g/mol. The SMILES string of the molecule is C=CC1CC(C(=O)NC2CNN(CC3CCCC(F)C3)C2)NO1. The van der Waals surface area contributed by atoms with Crippen molar-refractivity contribution in [2.75, 3.05) is 19.6 Å². The van der Waals surface area contributed by atoms with Gasteiger partial charge in [0.15, 0.2) is 0 Å². The number of halogens is 1. The molecule has 5 unspecified atom stereocenters. The Morgan fingerprint density at radius 3 is 3.04 bits per heavy atom. The second-order valence-electron chi connectivity index (χ2n) is 6.90. The molecule has 1 amide bonds. The van der Waals surface area contributed by atoms with E-state index in [-0.39, 0.29) is 24.1 Å². The number of carbonyl (C=O) groups is 1. The largest absolute Gasteiger partial charge is 0.349 e. The van der Waals surface area contributed by atoms with Gasteiger partial charge in [0.2, 0.25) is 5.91 Å². The molecule has 3 aliphatic rings. The van der Waals surface area contributed by atoms with Crippen molar-refractivity contribution in [2.24, 2.45) is 5.92 Å². The van der Waals surface area contributed by atoms with Crippen LogP contribution in [0.4, 0.5) is 4.39 Å². The summed E-state index contributed by atoms with van der Waals surface area (Å²) < 4.78 is 13.5. The van der Waals surface area contributed by atoms with Crippen LogP contribution in [0, 0.1) is 5.92 Å². The van der Waals surface area contributed by atoms with Crippen LogP contribution >= 0.6 is 0 Å². The van der Waals surface area contributed by atoms with Crippen molar-refractivity contribution in [3.63, 3.8) is 0 Å². The molecular formula is C16H27FN4O2. The van der Waals surface area contributed by atoms with Gasteiger partial charge in [-0.1, -0.05) is 12.5 Å². The standard InChI is InChI=1S/C16H27FN4O2/c1-2-14-7-15(20-23-14)16(22)19-13-8-18-21(10-13)9-11-4-3-5-12(17)6-11/h2,11-15,18,20H,1,3-10H2,(H,19,22). The molecule has 0 bridgehead atoms. The number of nitrogens with one attached hydrogen (secondary N) is 3. The number of nitrogens with zero attached hydrogens (tertiary/aromatic N) is 1. The van der Waals surface area contributed by atoms with Crippen molar-refractivity contribution >= 4 is 5.91 Å². The molecule has 2 heterocycles. The topological polar surface area (TPSA) is 65.6 Å². The van der Waals surface area contributed by atoms with Crippen LogP contribution in [0.25, 0.3) is 0 Å². The summed E-state index contributed by atoms with van der Waals surface area (Å²) in [5, 5.41) is 5.17. The zero-order valence-corrected chi connectivity index (χ0v) is 13.5. The highest BCUT2D eigenvalue weighted by Crippen LogP contribution is 2.27. The van der Waals surface area contributed by atoms with Crippen molar-refractivity contribution in [1.29, 1.82) is 0 Å². The Morgan fingerprint density at radius 2 is 2.30 bits per heavy atom. The Labute approximate surface area is 136 Å². The highest BCUT2D eigenvalue weighted by atomic mass is 19.1. The molecule has 6 nitrogen and oxygen atoms in total. The molecule has 0 aromatic carbocycles. The van der Waals surface area contributed by atoms with Gasteiger partial charge in [0.25, 0.3) is 0 Å². The monoisotopic (exact) mass is 326 g/mol. The molecule has 3 fully saturated rings. The first-order valence-electron chi connectivity index (χ1n) is 8.60. The number of rotatable bonds is 5. The quantitative estimate of drug-likeness (QED) is 0.648. The van der Waals surface area contributed by atoms with Crippen LogP contribution < -0.4 is 16.2 Å². The zero-order chi connectivity index (χ0) is 16.2. The first kappa shape index (κ1) is 16.8. The number of hydrogen-bond acceptors (Lipinski definition) is 5. The minimum Gasteiger partial charge on any atom is -0.349 e. The molecule has 1 saturated carbocycles. The van der Waals surface area contributed by atoms with Gasteiger partial charge in [-0.2, -0.15) is 5.48 Å². The Balaban J connectivity index is 1.39. The predicted octanol–water partition coefficient (Wildman–Crippen LogP) is 0.668. The lowest BCUT2D eigenvalue weighted by Gasteiger charge is -2.28. The average Bonchev–Trinajstić information content (AvgIpc) is 3.16. The van der Waals surface area contributed by atoms with Gasteiger partial charge in [-0.25, -0.2) is 9.40 Å². The summed E-state index contributed by atoms with van der Waals surface area (Å²) >= 11 is 0. The number of amides is 1. The first-order valence-corrected chi connectivity index (χ1v) is 8.60. The van der Waals surface area contributed by atoms with Gasteiger partial charge >= 0.3 is 0 Å². The minimum absolute atomic E-state index is 0.0375. The van der Waals surface area contributed by atoms with Crippen LogP contribution in [0.1, 0.15) is 32.1 Å². The van der Waals surface area contributed by atoms with Crippen molar-refractivity contribution in [2.45, 2.75) is 56.5 Å². The van der Waals surface area contributed by atoms with Crippen LogP contribution in [-0.2, 0) is 9.63 Å². The Morgan fingerprint density at radius 1 is 1.43 bits per heavy atom. The maximum Gasteiger partial charge on any atom is 0.239 e. The summed E-state index contributed by atoms with van der Waals surface area (Å²) in [5.74, 6) is 0.378. The number of alkyl halides is 1. The van der Waals surface area contributed by atoms with E-state index in [9.17, 15) is 9.18 Å². The average molecular weight is 326 g/mol. The molecule has 2 aliphatic heterocycles. The van der Waals surface area contributed by atoms with Gasteiger partial charge in [0.05, 0.1) is 12.1 Å². The van der Waals surface area contributed by atoms with Gasteiger partial charge in [0.1, 0.15) is 12.2 Å². The van der Waals surface area contributed by atoms with E-state index in [1.54, 1.807) is 6.08 Å². The van der Waals surface area contributed by atoms with Gasteiger partial charge in [-0.3, -0.25) is 15.1 Å². The fraction of sp³-hybridized carbons (Fsp3) is 0.812. The van der Waals surface area contributed by atoms with Gasteiger partial charge in [-0.15, -0.1) is 6.58 Å². The highest BCUT2D eigenvalue weighted by Gasteiger charge is 2.33. The molecule has 2 saturated heterocycles. The van der Waals surface area contributed by atoms with E-state index >= 15 is 0 Å². The van der Waals surface area contributed by atoms with E-state index in [2.05, 4.69) is 27.8 Å². The second kappa shape index (κ2) is 7.70. The fourth-order valence-corrected chi connectivity index (χ4v) is 3.68. The van der Waals surface area contributed by atoms with E-state index < -0.39 is 6.17 Å². The zero-order valence-electron chi connectivity index (χ0n) is 13.5. The van der Waals surface area contributed by atoms with E-state index in [1.165, 1.54) is 0 Å². The summed E-state index contributed by atoms with van der Waals surface area (Å²) in [5.41, 5.74) is 6.07.